The monoisotopic (exact) mass is 328 g/mol. The second-order valence-electron chi connectivity index (χ2n) is 5.90. The predicted octanol–water partition coefficient (Wildman–Crippen LogP) is 1.91. The number of hydrogen-bond acceptors (Lipinski definition) is 4. The van der Waals surface area contributed by atoms with E-state index in [0.29, 0.717) is 23.7 Å². The lowest BCUT2D eigenvalue weighted by Gasteiger charge is -2.50. The number of nitrogens with zero attached hydrogens (tertiary/aromatic N) is 2. The number of carbonyl (C=O) groups excluding carboxylic acids is 1. The van der Waals surface area contributed by atoms with Crippen LogP contribution < -0.4 is 0 Å². The SMILES string of the molecule is CN1C(=O)CCCC12CCCN(S(=O)(=O)c1cccs1)C2. The highest BCUT2D eigenvalue weighted by molar-refractivity contribution is 7.91. The number of hydrogen-bond donors (Lipinski definition) is 0. The lowest BCUT2D eigenvalue weighted by Crippen LogP contribution is -2.61. The van der Waals surface area contributed by atoms with Gasteiger partial charge in [-0.2, -0.15) is 4.31 Å². The fourth-order valence-electron chi connectivity index (χ4n) is 3.46. The molecule has 2 aliphatic heterocycles. The van der Waals surface area contributed by atoms with Crippen LogP contribution in [0.15, 0.2) is 21.7 Å². The van der Waals surface area contributed by atoms with Crippen LogP contribution in [0, 0.1) is 0 Å². The molecule has 0 aliphatic carbocycles. The molecule has 3 rings (SSSR count). The second-order valence-corrected chi connectivity index (χ2v) is 9.02. The van der Waals surface area contributed by atoms with Crippen LogP contribution >= 0.6 is 11.3 Å². The quantitative estimate of drug-likeness (QED) is 0.833. The van der Waals surface area contributed by atoms with Crippen molar-refractivity contribution in [2.24, 2.45) is 0 Å². The van der Waals surface area contributed by atoms with Crippen molar-refractivity contribution < 1.29 is 13.2 Å². The van der Waals surface area contributed by atoms with Crippen molar-refractivity contribution in [3.8, 4) is 0 Å². The number of piperidine rings is 2. The Morgan fingerprint density at radius 1 is 1.29 bits per heavy atom. The van der Waals surface area contributed by atoms with E-state index in [0.717, 1.165) is 25.7 Å². The second kappa shape index (κ2) is 5.37. The van der Waals surface area contributed by atoms with E-state index < -0.39 is 10.0 Å². The average Bonchev–Trinajstić information content (AvgIpc) is 3.00. The minimum atomic E-state index is -3.42. The van der Waals surface area contributed by atoms with Crippen molar-refractivity contribution in [2.75, 3.05) is 20.1 Å². The number of rotatable bonds is 2. The number of thiophene rings is 1. The third-order valence-corrected chi connectivity index (χ3v) is 7.95. The fraction of sp³-hybridized carbons (Fsp3) is 0.643. The number of likely N-dealkylation sites (N-methyl/N-ethyl adjacent to an activating group) is 1. The molecule has 3 heterocycles. The van der Waals surface area contributed by atoms with Crippen LogP contribution in [-0.4, -0.2) is 49.2 Å². The van der Waals surface area contributed by atoms with Gasteiger partial charge >= 0.3 is 0 Å². The highest BCUT2D eigenvalue weighted by atomic mass is 32.2. The van der Waals surface area contributed by atoms with Gasteiger partial charge in [-0.05, 0) is 37.1 Å². The molecule has 7 heteroatoms. The third-order valence-electron chi connectivity index (χ3n) is 4.73. The Bertz CT molecular complexity index is 623. The first-order valence-corrected chi connectivity index (χ1v) is 9.58. The van der Waals surface area contributed by atoms with E-state index in [-0.39, 0.29) is 11.4 Å². The Balaban J connectivity index is 1.88. The Kier molecular flexibility index (Phi) is 3.83. The minimum absolute atomic E-state index is 0.136. The maximum Gasteiger partial charge on any atom is 0.252 e. The summed E-state index contributed by atoms with van der Waals surface area (Å²) in [5, 5.41) is 1.78. The Labute approximate surface area is 129 Å². The van der Waals surface area contributed by atoms with Gasteiger partial charge in [0.05, 0.1) is 5.54 Å². The van der Waals surface area contributed by atoms with E-state index in [1.807, 2.05) is 7.05 Å². The third kappa shape index (κ3) is 2.51. The molecule has 2 aliphatic rings. The average molecular weight is 328 g/mol. The standard InChI is InChI=1S/C14H20N2O3S2/c1-15-12(17)5-2-7-14(15)8-4-9-16(11-14)21(18,19)13-6-3-10-20-13/h3,6,10H,2,4-5,7-9,11H2,1H3. The van der Waals surface area contributed by atoms with Gasteiger partial charge in [0.25, 0.3) is 10.0 Å². The largest absolute Gasteiger partial charge is 0.339 e. The summed E-state index contributed by atoms with van der Waals surface area (Å²) < 4.78 is 27.4. The molecular weight excluding hydrogens is 308 g/mol. The molecule has 2 saturated heterocycles. The zero-order chi connectivity index (χ0) is 15.1. The molecule has 2 fully saturated rings. The maximum atomic E-state index is 12.7. The van der Waals surface area contributed by atoms with Crippen molar-refractivity contribution in [3.63, 3.8) is 0 Å². The van der Waals surface area contributed by atoms with Crippen LogP contribution in [0.3, 0.4) is 0 Å². The van der Waals surface area contributed by atoms with Gasteiger partial charge in [-0.15, -0.1) is 11.3 Å². The summed E-state index contributed by atoms with van der Waals surface area (Å²) in [6.45, 7) is 0.972. The van der Waals surface area contributed by atoms with Crippen molar-refractivity contribution in [3.05, 3.63) is 17.5 Å². The number of amides is 1. The summed E-state index contributed by atoms with van der Waals surface area (Å²) in [7, 11) is -1.60. The van der Waals surface area contributed by atoms with E-state index in [1.165, 1.54) is 11.3 Å². The zero-order valence-electron chi connectivity index (χ0n) is 12.1. The van der Waals surface area contributed by atoms with Gasteiger partial charge in [0, 0.05) is 26.6 Å². The maximum absolute atomic E-state index is 12.7. The summed E-state index contributed by atoms with van der Waals surface area (Å²) >= 11 is 1.25. The smallest absolute Gasteiger partial charge is 0.252 e. The van der Waals surface area contributed by atoms with Crippen LogP contribution in [0.1, 0.15) is 32.1 Å². The first-order chi connectivity index (χ1) is 9.96. The minimum Gasteiger partial charge on any atom is -0.339 e. The number of sulfonamides is 1. The van der Waals surface area contributed by atoms with Gasteiger partial charge in [-0.25, -0.2) is 8.42 Å². The van der Waals surface area contributed by atoms with Crippen LogP contribution in [0.4, 0.5) is 0 Å². The van der Waals surface area contributed by atoms with Crippen LogP contribution in [0.2, 0.25) is 0 Å². The van der Waals surface area contributed by atoms with Gasteiger partial charge in [0.15, 0.2) is 0 Å². The summed E-state index contributed by atoms with van der Waals surface area (Å²) in [4.78, 5) is 13.8. The van der Waals surface area contributed by atoms with E-state index in [1.54, 1.807) is 26.7 Å². The summed E-state index contributed by atoms with van der Waals surface area (Å²) in [5.41, 5.74) is -0.308. The van der Waals surface area contributed by atoms with Crippen molar-refractivity contribution in [2.45, 2.75) is 41.9 Å². The van der Waals surface area contributed by atoms with Crippen molar-refractivity contribution in [1.29, 1.82) is 0 Å². The Hall–Kier alpha value is -0.920. The van der Waals surface area contributed by atoms with Gasteiger partial charge < -0.3 is 4.90 Å². The first kappa shape index (κ1) is 15.0. The molecule has 0 bridgehead atoms. The van der Waals surface area contributed by atoms with Crippen molar-refractivity contribution in [1.82, 2.24) is 9.21 Å². The Morgan fingerprint density at radius 3 is 2.76 bits per heavy atom. The van der Waals surface area contributed by atoms with Crippen LogP contribution in [0.25, 0.3) is 0 Å². The van der Waals surface area contributed by atoms with Crippen LogP contribution in [-0.2, 0) is 14.8 Å². The molecule has 1 spiro atoms. The van der Waals surface area contributed by atoms with E-state index in [4.69, 9.17) is 0 Å². The molecule has 5 nitrogen and oxygen atoms in total. The molecule has 1 amide bonds. The molecule has 0 N–H and O–H groups in total. The summed E-state index contributed by atoms with van der Waals surface area (Å²) in [5.74, 6) is 0.136. The number of carbonyl (C=O) groups is 1. The highest BCUT2D eigenvalue weighted by Crippen LogP contribution is 2.37. The van der Waals surface area contributed by atoms with E-state index >= 15 is 0 Å². The molecule has 21 heavy (non-hydrogen) atoms. The zero-order valence-corrected chi connectivity index (χ0v) is 13.8. The first-order valence-electron chi connectivity index (χ1n) is 7.26. The summed E-state index contributed by atoms with van der Waals surface area (Å²) in [6, 6.07) is 3.41. The van der Waals surface area contributed by atoms with Gasteiger partial charge in [-0.3, -0.25) is 4.79 Å². The van der Waals surface area contributed by atoms with Gasteiger partial charge in [0.1, 0.15) is 4.21 Å². The van der Waals surface area contributed by atoms with Crippen molar-refractivity contribution >= 4 is 27.3 Å². The lowest BCUT2D eigenvalue weighted by atomic mass is 9.81. The molecular formula is C14H20N2O3S2. The van der Waals surface area contributed by atoms with Crippen LogP contribution in [0.5, 0.6) is 0 Å². The molecule has 116 valence electrons. The normalized spacial score (nSPS) is 28.2. The molecule has 0 saturated carbocycles. The molecule has 1 atom stereocenters. The fourth-order valence-corrected chi connectivity index (χ4v) is 6.16. The highest BCUT2D eigenvalue weighted by Gasteiger charge is 2.46. The topological polar surface area (TPSA) is 57.7 Å². The summed E-state index contributed by atoms with van der Waals surface area (Å²) in [6.07, 6.45) is 4.03. The molecule has 1 aromatic heterocycles. The van der Waals surface area contributed by atoms with E-state index in [2.05, 4.69) is 0 Å². The molecule has 0 radical (unpaired) electrons. The van der Waals surface area contributed by atoms with E-state index in [9.17, 15) is 13.2 Å². The number of likely N-dealkylation sites (tertiary alicyclic amines) is 1. The molecule has 0 aromatic carbocycles. The van der Waals surface area contributed by atoms with Gasteiger partial charge in [0.2, 0.25) is 5.91 Å². The molecule has 1 aromatic rings. The molecule has 1 unspecified atom stereocenters. The van der Waals surface area contributed by atoms with Gasteiger partial charge in [-0.1, -0.05) is 6.07 Å². The predicted molar refractivity (Wildman–Crippen MR) is 81.7 cm³/mol. The Morgan fingerprint density at radius 2 is 2.05 bits per heavy atom. The lowest BCUT2D eigenvalue weighted by molar-refractivity contribution is -0.141.